The first kappa shape index (κ1) is 12.4. The van der Waals surface area contributed by atoms with E-state index in [1.165, 1.54) is 5.57 Å². The second kappa shape index (κ2) is 4.34. The van der Waals surface area contributed by atoms with Gasteiger partial charge in [-0.3, -0.25) is 0 Å². The van der Waals surface area contributed by atoms with Gasteiger partial charge in [-0.1, -0.05) is 0 Å². The van der Waals surface area contributed by atoms with E-state index in [9.17, 15) is 9.90 Å². The number of nitrogens with one attached hydrogen (secondary N) is 1. The predicted octanol–water partition coefficient (Wildman–Crippen LogP) is 0.891. The van der Waals surface area contributed by atoms with Crippen LogP contribution in [-0.4, -0.2) is 44.0 Å². The van der Waals surface area contributed by atoms with E-state index >= 15 is 0 Å². The molecule has 2 aliphatic heterocycles. The van der Waals surface area contributed by atoms with Gasteiger partial charge in [0.2, 0.25) is 0 Å². The number of carbonyl (C=O) groups is 1. The zero-order valence-corrected chi connectivity index (χ0v) is 11.8. The van der Waals surface area contributed by atoms with E-state index in [1.54, 1.807) is 0 Å². The Morgan fingerprint density at radius 1 is 1.69 bits per heavy atom. The zero-order chi connectivity index (χ0) is 11.9. The summed E-state index contributed by atoms with van der Waals surface area (Å²) >= 11 is 5.78. The van der Waals surface area contributed by atoms with Crippen LogP contribution in [0.3, 0.4) is 0 Å². The second-order valence-electron chi connectivity index (χ2n) is 4.64. The first-order chi connectivity index (χ1) is 7.54. The van der Waals surface area contributed by atoms with E-state index in [1.807, 2.05) is 13.8 Å². The predicted molar refractivity (Wildman–Crippen MR) is 64.6 cm³/mol. The normalized spacial score (nSPS) is 34.2. The van der Waals surface area contributed by atoms with Crippen LogP contribution in [0.5, 0.6) is 0 Å². The fourth-order valence-corrected chi connectivity index (χ4v) is 5.73. The quantitative estimate of drug-likeness (QED) is 0.460. The van der Waals surface area contributed by atoms with Gasteiger partial charge in [0.25, 0.3) is 0 Å². The number of rotatable bonds is 4. The number of β-lactam (4-membered cyclic amide) rings is 1. The van der Waals surface area contributed by atoms with Crippen molar-refractivity contribution in [1.29, 1.82) is 0 Å². The molecule has 0 unspecified atom stereocenters. The molecule has 3 nitrogen and oxygen atoms in total. The summed E-state index contributed by atoms with van der Waals surface area (Å²) in [5.41, 5.74) is 1.20. The first-order valence-electron chi connectivity index (χ1n) is 5.45. The molecular formula is C11H16ClNO2Se. The van der Waals surface area contributed by atoms with Crippen LogP contribution in [0.25, 0.3) is 0 Å². The molecule has 1 saturated heterocycles. The van der Waals surface area contributed by atoms with Crippen LogP contribution < -0.4 is 5.32 Å². The number of hydrogen-bond donors (Lipinski definition) is 2. The Labute approximate surface area is 107 Å². The molecule has 0 aliphatic carbocycles. The van der Waals surface area contributed by atoms with Gasteiger partial charge >= 0.3 is 107 Å². The van der Waals surface area contributed by atoms with Gasteiger partial charge in [-0.05, 0) is 0 Å². The van der Waals surface area contributed by atoms with Crippen molar-refractivity contribution in [3.8, 4) is 0 Å². The Kier molecular flexibility index (Phi) is 3.37. The fourth-order valence-electron chi connectivity index (χ4n) is 2.32. The number of hydrogen-bond acceptors (Lipinski definition) is 2. The number of aliphatic hydroxyl groups is 1. The van der Waals surface area contributed by atoms with Gasteiger partial charge < -0.3 is 0 Å². The molecule has 16 heavy (non-hydrogen) atoms. The SMILES string of the molecule is CC(C)[C@H](O)[C@@]12[Se]C=C(CCCl)[C@@H]1NC2=O. The van der Waals surface area contributed by atoms with E-state index < -0.39 is 10.4 Å². The maximum absolute atomic E-state index is 11.8. The summed E-state index contributed by atoms with van der Waals surface area (Å²) < 4.78 is -0.539. The third kappa shape index (κ3) is 1.55. The number of alkyl halides is 1. The van der Waals surface area contributed by atoms with Crippen LogP contribution in [0.4, 0.5) is 0 Å². The standard InChI is InChI=1S/C11H16ClNO2Se/c1-6(2)9(14)11-8(13-10(11)15)7(3-4-12)5-16-11/h5-6,8-9,14H,3-4H2,1-2H3,(H,13,15)/t8-,9-,11-/m0/s1. The van der Waals surface area contributed by atoms with Gasteiger partial charge in [0, 0.05) is 0 Å². The Balaban J connectivity index is 2.19. The van der Waals surface area contributed by atoms with Crippen LogP contribution in [0.15, 0.2) is 10.5 Å². The molecule has 0 bridgehead atoms. The van der Waals surface area contributed by atoms with Crippen LogP contribution in [0.2, 0.25) is 4.31 Å². The molecule has 90 valence electrons. The van der Waals surface area contributed by atoms with Crippen molar-refractivity contribution < 1.29 is 9.90 Å². The minimum atomic E-state index is -0.546. The Morgan fingerprint density at radius 2 is 2.38 bits per heavy atom. The molecule has 2 rings (SSSR count). The second-order valence-corrected chi connectivity index (χ2v) is 7.42. The summed E-state index contributed by atoms with van der Waals surface area (Å²) in [6, 6.07) is 0.0381. The average Bonchev–Trinajstić information content (AvgIpc) is 2.52. The van der Waals surface area contributed by atoms with Gasteiger partial charge in [-0.2, -0.15) is 0 Å². The average molecular weight is 309 g/mol. The first-order valence-corrected chi connectivity index (χ1v) is 7.83. The van der Waals surface area contributed by atoms with Gasteiger partial charge in [0.05, 0.1) is 0 Å². The van der Waals surface area contributed by atoms with E-state index in [0.29, 0.717) is 5.88 Å². The molecule has 0 saturated carbocycles. The third-order valence-corrected chi connectivity index (χ3v) is 6.57. The number of carbonyl (C=O) groups excluding carboxylic acids is 1. The summed E-state index contributed by atoms with van der Waals surface area (Å²) in [4.78, 5) is 13.9. The Hall–Kier alpha value is -0.0205. The molecule has 0 aromatic carbocycles. The van der Waals surface area contributed by atoms with Crippen molar-refractivity contribution in [2.45, 2.75) is 36.7 Å². The number of halogens is 1. The molecule has 3 atom stereocenters. The molecule has 2 aliphatic rings. The van der Waals surface area contributed by atoms with Crippen molar-refractivity contribution in [1.82, 2.24) is 5.32 Å². The molecule has 0 aromatic rings. The molecule has 1 amide bonds. The molecule has 2 heterocycles. The van der Waals surface area contributed by atoms with Gasteiger partial charge in [0.15, 0.2) is 0 Å². The Morgan fingerprint density at radius 3 is 2.88 bits per heavy atom. The molecule has 0 spiro atoms. The van der Waals surface area contributed by atoms with E-state index in [2.05, 4.69) is 10.3 Å². The minimum absolute atomic E-state index is 0.0134. The summed E-state index contributed by atoms with van der Waals surface area (Å²) in [6.45, 7) is 3.91. The van der Waals surface area contributed by atoms with Crippen LogP contribution in [0.1, 0.15) is 20.3 Å². The molecule has 2 N–H and O–H groups in total. The number of amides is 1. The fraction of sp³-hybridized carbons (Fsp3) is 0.727. The van der Waals surface area contributed by atoms with Crippen molar-refractivity contribution in [3.05, 3.63) is 10.5 Å². The number of fused-ring (bicyclic) bond motifs is 1. The summed E-state index contributed by atoms with van der Waals surface area (Å²) in [6.07, 6.45) is 0.260. The molecule has 0 aromatic heterocycles. The van der Waals surface area contributed by atoms with Crippen molar-refractivity contribution in [2.75, 3.05) is 5.88 Å². The van der Waals surface area contributed by atoms with Crippen molar-refractivity contribution in [2.24, 2.45) is 5.92 Å². The van der Waals surface area contributed by atoms with Gasteiger partial charge in [0.1, 0.15) is 0 Å². The maximum atomic E-state index is 11.8. The van der Waals surface area contributed by atoms with E-state index in [4.69, 9.17) is 11.6 Å². The summed E-state index contributed by atoms with van der Waals surface area (Å²) in [7, 11) is 0. The molecular weight excluding hydrogens is 293 g/mol. The monoisotopic (exact) mass is 309 g/mol. The molecule has 0 radical (unpaired) electrons. The van der Waals surface area contributed by atoms with Crippen LogP contribution >= 0.6 is 11.6 Å². The summed E-state index contributed by atoms with van der Waals surface area (Å²) in [5, 5.41) is 13.2. The summed E-state index contributed by atoms with van der Waals surface area (Å²) in [5.74, 6) is 0.695. The van der Waals surface area contributed by atoms with E-state index in [0.717, 1.165) is 6.42 Å². The zero-order valence-electron chi connectivity index (χ0n) is 9.37. The third-order valence-electron chi connectivity index (χ3n) is 3.29. The number of aliphatic hydroxyl groups excluding tert-OH is 1. The van der Waals surface area contributed by atoms with Crippen LogP contribution in [0, 0.1) is 5.92 Å². The topological polar surface area (TPSA) is 49.3 Å². The molecule has 1 fully saturated rings. The van der Waals surface area contributed by atoms with Gasteiger partial charge in [-0.15, -0.1) is 0 Å². The van der Waals surface area contributed by atoms with E-state index in [-0.39, 0.29) is 32.8 Å². The van der Waals surface area contributed by atoms with Gasteiger partial charge in [-0.25, -0.2) is 0 Å². The van der Waals surface area contributed by atoms with Crippen molar-refractivity contribution in [3.63, 3.8) is 0 Å². The Bertz CT molecular complexity index is 345. The van der Waals surface area contributed by atoms with Crippen molar-refractivity contribution >= 4 is 32.5 Å². The van der Waals surface area contributed by atoms with Crippen LogP contribution in [-0.2, 0) is 4.79 Å². The molecule has 5 heteroatoms.